The van der Waals surface area contributed by atoms with Crippen LogP contribution in [0.5, 0.6) is 0 Å². The van der Waals surface area contributed by atoms with E-state index >= 15 is 0 Å². The van der Waals surface area contributed by atoms with Crippen LogP contribution in [0.25, 0.3) is 6.08 Å². The molecule has 0 aliphatic rings. The Kier molecular flexibility index (Phi) is 5.90. The Morgan fingerprint density at radius 3 is 2.35 bits per heavy atom. The van der Waals surface area contributed by atoms with E-state index in [0.29, 0.717) is 0 Å². The lowest BCUT2D eigenvalue weighted by molar-refractivity contribution is 0.256. The van der Waals surface area contributed by atoms with Gasteiger partial charge in [0.2, 0.25) is 0 Å². The average molecular weight is 248 g/mol. The molecule has 0 aromatic heterocycles. The molecule has 0 fully saturated rings. The van der Waals surface area contributed by atoms with E-state index in [1.165, 1.54) is 5.56 Å². The van der Waals surface area contributed by atoms with Gasteiger partial charge in [-0.15, -0.1) is 6.58 Å². The van der Waals surface area contributed by atoms with Crippen molar-refractivity contribution in [2.75, 3.05) is 14.2 Å². The van der Waals surface area contributed by atoms with Gasteiger partial charge in [-0.2, -0.15) is 0 Å². The average Bonchev–Trinajstić information content (AvgIpc) is 2.41. The molecule has 0 heterocycles. The predicted molar refractivity (Wildman–Crippen MR) is 74.9 cm³/mol. The van der Waals surface area contributed by atoms with Crippen molar-refractivity contribution < 1.29 is 8.85 Å². The van der Waals surface area contributed by atoms with Gasteiger partial charge < -0.3 is 8.85 Å². The molecule has 3 heteroatoms. The summed E-state index contributed by atoms with van der Waals surface area (Å²) in [5, 5.41) is 0. The van der Waals surface area contributed by atoms with Crippen molar-refractivity contribution in [3.63, 3.8) is 0 Å². The molecule has 0 amide bonds. The molecule has 0 N–H and O–H groups in total. The van der Waals surface area contributed by atoms with E-state index in [4.69, 9.17) is 8.85 Å². The maximum atomic E-state index is 5.45. The molecule has 1 rings (SSSR count). The highest BCUT2D eigenvalue weighted by Gasteiger charge is 2.30. The molecule has 0 spiro atoms. The van der Waals surface area contributed by atoms with Crippen molar-refractivity contribution in [2.45, 2.75) is 12.5 Å². The fourth-order valence-corrected chi connectivity index (χ4v) is 3.31. The summed E-state index contributed by atoms with van der Waals surface area (Å²) in [6.45, 7) is 3.80. The molecule has 1 aromatic rings. The van der Waals surface area contributed by atoms with Gasteiger partial charge in [0.1, 0.15) is 0 Å². The number of benzene rings is 1. The lowest BCUT2D eigenvalue weighted by atomic mass is 10.2. The zero-order valence-electron chi connectivity index (χ0n) is 10.6. The minimum absolute atomic E-state index is 0.896. The highest BCUT2D eigenvalue weighted by Crippen LogP contribution is 2.16. The monoisotopic (exact) mass is 248 g/mol. The first-order valence-corrected chi connectivity index (χ1v) is 7.82. The van der Waals surface area contributed by atoms with E-state index < -0.39 is 8.56 Å². The lowest BCUT2D eigenvalue weighted by Gasteiger charge is -2.22. The van der Waals surface area contributed by atoms with E-state index in [2.05, 4.69) is 30.9 Å². The van der Waals surface area contributed by atoms with E-state index in [0.717, 1.165) is 12.5 Å². The molecule has 1 aromatic carbocycles. The molecule has 0 saturated heterocycles. The second kappa shape index (κ2) is 7.22. The third-order valence-corrected chi connectivity index (χ3v) is 5.76. The largest absolute Gasteiger partial charge is 0.395 e. The molecule has 17 heavy (non-hydrogen) atoms. The van der Waals surface area contributed by atoms with E-state index in [1.807, 2.05) is 23.9 Å². The van der Waals surface area contributed by atoms with Crippen molar-refractivity contribution in [3.05, 3.63) is 54.2 Å². The molecule has 0 aliphatic heterocycles. The summed E-state index contributed by atoms with van der Waals surface area (Å²) in [4.78, 5) is 0. The molecule has 92 valence electrons. The van der Waals surface area contributed by atoms with Crippen LogP contribution in [-0.2, 0) is 8.85 Å². The van der Waals surface area contributed by atoms with Gasteiger partial charge in [-0.1, -0.05) is 42.5 Å². The maximum absolute atomic E-state index is 5.45. The van der Waals surface area contributed by atoms with Crippen LogP contribution in [0.3, 0.4) is 0 Å². The first kappa shape index (κ1) is 13.9. The molecule has 2 nitrogen and oxygen atoms in total. The fraction of sp³-hybridized carbons (Fsp3) is 0.286. The molecule has 0 saturated carbocycles. The van der Waals surface area contributed by atoms with Crippen LogP contribution in [0.15, 0.2) is 48.7 Å². The molecule has 0 bridgehead atoms. The van der Waals surface area contributed by atoms with Crippen LogP contribution in [-0.4, -0.2) is 22.8 Å². The Labute approximate surface area is 105 Å². The first-order chi connectivity index (χ1) is 8.26. The Balaban J connectivity index is 2.47. The highest BCUT2D eigenvalue weighted by molar-refractivity contribution is 6.72. The summed E-state index contributed by atoms with van der Waals surface area (Å²) in [7, 11) is 1.24. The Morgan fingerprint density at radius 1 is 1.18 bits per heavy atom. The summed E-state index contributed by atoms with van der Waals surface area (Å²) < 4.78 is 10.9. The normalized spacial score (nSPS) is 11.9. The van der Waals surface area contributed by atoms with Crippen LogP contribution in [0.4, 0.5) is 0 Å². The van der Waals surface area contributed by atoms with Crippen molar-refractivity contribution in [1.29, 1.82) is 0 Å². The number of hydrogen-bond donors (Lipinski definition) is 0. The SMILES string of the molecule is C=C[Si](CC/C=C/c1ccccc1)(OC)OC. The Morgan fingerprint density at radius 2 is 1.82 bits per heavy atom. The third-order valence-electron chi connectivity index (χ3n) is 2.77. The quantitative estimate of drug-likeness (QED) is 0.687. The zero-order chi connectivity index (χ0) is 12.6. The second-order valence-corrected chi connectivity index (χ2v) is 7.12. The van der Waals surface area contributed by atoms with Gasteiger partial charge in [-0.3, -0.25) is 0 Å². The number of rotatable bonds is 7. The topological polar surface area (TPSA) is 18.5 Å². The maximum Gasteiger partial charge on any atom is 0.364 e. The molecule has 0 unspecified atom stereocenters. The highest BCUT2D eigenvalue weighted by atomic mass is 28.4. The van der Waals surface area contributed by atoms with E-state index in [-0.39, 0.29) is 0 Å². The smallest absolute Gasteiger partial charge is 0.364 e. The predicted octanol–water partition coefficient (Wildman–Crippen LogP) is 3.55. The lowest BCUT2D eigenvalue weighted by Crippen LogP contribution is -2.37. The summed E-state index contributed by atoms with van der Waals surface area (Å²) in [6.07, 6.45) is 5.21. The fourth-order valence-electron chi connectivity index (χ4n) is 1.62. The van der Waals surface area contributed by atoms with Crippen molar-refractivity contribution in [3.8, 4) is 0 Å². The molecular formula is C14H20O2Si. The van der Waals surface area contributed by atoms with Gasteiger partial charge in [-0.25, -0.2) is 0 Å². The van der Waals surface area contributed by atoms with Crippen LogP contribution in [0.1, 0.15) is 12.0 Å². The van der Waals surface area contributed by atoms with Gasteiger partial charge in [0.15, 0.2) is 0 Å². The van der Waals surface area contributed by atoms with E-state index in [9.17, 15) is 0 Å². The van der Waals surface area contributed by atoms with Crippen LogP contribution in [0.2, 0.25) is 6.04 Å². The van der Waals surface area contributed by atoms with Gasteiger partial charge in [-0.05, 0) is 23.7 Å². The minimum atomic E-state index is -2.14. The minimum Gasteiger partial charge on any atom is -0.395 e. The number of allylic oxidation sites excluding steroid dienone is 1. The van der Waals surface area contributed by atoms with Crippen molar-refractivity contribution in [2.24, 2.45) is 0 Å². The number of hydrogen-bond acceptors (Lipinski definition) is 2. The second-order valence-electron chi connectivity index (χ2n) is 3.78. The first-order valence-electron chi connectivity index (χ1n) is 5.72. The summed E-state index contributed by atoms with van der Waals surface area (Å²) in [6, 6.07) is 11.2. The Hall–Kier alpha value is -1.16. The van der Waals surface area contributed by atoms with Gasteiger partial charge in [0.05, 0.1) is 0 Å². The van der Waals surface area contributed by atoms with Gasteiger partial charge in [0, 0.05) is 14.2 Å². The molecule has 0 aliphatic carbocycles. The van der Waals surface area contributed by atoms with Crippen molar-refractivity contribution >= 4 is 14.6 Å². The van der Waals surface area contributed by atoms with Crippen LogP contribution >= 0.6 is 0 Å². The standard InChI is InChI=1S/C14H20O2Si/c1-4-17(15-2,16-3)13-9-8-12-14-10-6-5-7-11-14/h4-8,10-12H,1,9,13H2,2-3H3/b12-8+. The van der Waals surface area contributed by atoms with Gasteiger partial charge in [0.25, 0.3) is 0 Å². The van der Waals surface area contributed by atoms with E-state index in [1.54, 1.807) is 14.2 Å². The Bertz CT molecular complexity index is 356. The zero-order valence-corrected chi connectivity index (χ0v) is 11.6. The van der Waals surface area contributed by atoms with Crippen LogP contribution < -0.4 is 0 Å². The van der Waals surface area contributed by atoms with Crippen molar-refractivity contribution in [1.82, 2.24) is 0 Å². The summed E-state index contributed by atoms with van der Waals surface area (Å²) >= 11 is 0. The molecule has 0 radical (unpaired) electrons. The molecular weight excluding hydrogens is 228 g/mol. The van der Waals surface area contributed by atoms with Crippen LogP contribution in [0, 0.1) is 0 Å². The third kappa shape index (κ3) is 4.30. The molecule has 0 atom stereocenters. The van der Waals surface area contributed by atoms with Gasteiger partial charge >= 0.3 is 8.56 Å². The summed E-state index contributed by atoms with van der Waals surface area (Å²) in [5.41, 5.74) is 3.05. The summed E-state index contributed by atoms with van der Waals surface area (Å²) in [5.74, 6) is 0.